The van der Waals surface area contributed by atoms with Gasteiger partial charge in [0.2, 0.25) is 5.78 Å². The first-order chi connectivity index (χ1) is 8.11. The molecule has 0 aliphatic rings. The third-order valence-corrected chi connectivity index (χ3v) is 3.52. The molecule has 2 N–H and O–H groups in total. The Hall–Kier alpha value is -1.52. The quantitative estimate of drug-likeness (QED) is 0.686. The van der Waals surface area contributed by atoms with Crippen LogP contribution in [0.2, 0.25) is 4.34 Å². The number of anilines is 1. The number of halogens is 1. The molecule has 0 atom stereocenters. The highest BCUT2D eigenvalue weighted by Gasteiger charge is 2.13. The minimum atomic E-state index is -0.0831. The van der Waals surface area contributed by atoms with E-state index in [1.807, 2.05) is 0 Å². The number of benzene rings is 1. The first-order valence-corrected chi connectivity index (χ1v) is 6.05. The maximum absolute atomic E-state index is 12.1. The third kappa shape index (κ3) is 2.43. The summed E-state index contributed by atoms with van der Waals surface area (Å²) in [6, 6.07) is 8.37. The molecule has 5 heteroatoms. The Labute approximate surface area is 108 Å². The van der Waals surface area contributed by atoms with Crippen molar-refractivity contribution in [3.63, 3.8) is 0 Å². The van der Waals surface area contributed by atoms with Gasteiger partial charge in [-0.25, -0.2) is 0 Å². The molecule has 1 aromatic heterocycles. The average Bonchev–Trinajstić information content (AvgIpc) is 2.75. The van der Waals surface area contributed by atoms with Gasteiger partial charge in [0.1, 0.15) is 5.75 Å². The molecule has 0 saturated carbocycles. The lowest BCUT2D eigenvalue weighted by atomic mass is 10.1. The van der Waals surface area contributed by atoms with Crippen LogP contribution >= 0.6 is 22.9 Å². The number of ketones is 1. The fraction of sp³-hybridized carbons (Fsp3) is 0.0833. The Morgan fingerprint density at radius 2 is 2.12 bits per heavy atom. The summed E-state index contributed by atoms with van der Waals surface area (Å²) in [6.45, 7) is 0. The Kier molecular flexibility index (Phi) is 3.36. The fourth-order valence-corrected chi connectivity index (χ4v) is 2.44. The van der Waals surface area contributed by atoms with Crippen LogP contribution in [0.15, 0.2) is 30.3 Å². The lowest BCUT2D eigenvalue weighted by molar-refractivity contribution is 0.104. The number of nitrogen functional groups attached to an aromatic ring is 1. The van der Waals surface area contributed by atoms with Gasteiger partial charge in [-0.05, 0) is 30.3 Å². The van der Waals surface area contributed by atoms with E-state index < -0.39 is 0 Å². The Bertz CT molecular complexity index is 565. The number of thiophene rings is 1. The zero-order valence-electron chi connectivity index (χ0n) is 9.07. The molecule has 1 aromatic carbocycles. The standard InChI is InChI=1S/C12H10ClNO2S/c1-16-9-6-7(2-3-8(9)14)12(15)10-4-5-11(13)17-10/h2-6H,14H2,1H3. The molecule has 0 spiro atoms. The Balaban J connectivity index is 2.37. The summed E-state index contributed by atoms with van der Waals surface area (Å²) in [6.07, 6.45) is 0. The summed E-state index contributed by atoms with van der Waals surface area (Å²) < 4.78 is 5.67. The van der Waals surface area contributed by atoms with Gasteiger partial charge < -0.3 is 10.5 Å². The molecular weight excluding hydrogens is 258 g/mol. The molecule has 0 aliphatic carbocycles. The minimum absolute atomic E-state index is 0.0831. The number of hydrogen-bond donors (Lipinski definition) is 1. The van der Waals surface area contributed by atoms with E-state index in [2.05, 4.69) is 0 Å². The van der Waals surface area contributed by atoms with E-state index in [-0.39, 0.29) is 5.78 Å². The normalized spacial score (nSPS) is 10.2. The van der Waals surface area contributed by atoms with E-state index in [1.54, 1.807) is 30.3 Å². The molecule has 2 aromatic rings. The van der Waals surface area contributed by atoms with E-state index in [0.29, 0.717) is 26.2 Å². The number of hydrogen-bond acceptors (Lipinski definition) is 4. The van der Waals surface area contributed by atoms with Crippen LogP contribution in [0.25, 0.3) is 0 Å². The molecule has 0 aliphatic heterocycles. The maximum atomic E-state index is 12.1. The van der Waals surface area contributed by atoms with E-state index in [4.69, 9.17) is 22.1 Å². The van der Waals surface area contributed by atoms with Gasteiger partial charge in [0.05, 0.1) is 22.0 Å². The van der Waals surface area contributed by atoms with Crippen LogP contribution in [-0.4, -0.2) is 12.9 Å². The summed E-state index contributed by atoms with van der Waals surface area (Å²) in [5.74, 6) is 0.415. The topological polar surface area (TPSA) is 52.3 Å². The van der Waals surface area contributed by atoms with Crippen LogP contribution < -0.4 is 10.5 Å². The first-order valence-electron chi connectivity index (χ1n) is 4.85. The zero-order valence-corrected chi connectivity index (χ0v) is 10.6. The van der Waals surface area contributed by atoms with Crippen molar-refractivity contribution in [3.8, 4) is 5.75 Å². The molecular formula is C12H10ClNO2S. The van der Waals surface area contributed by atoms with Gasteiger partial charge in [0.15, 0.2) is 0 Å². The minimum Gasteiger partial charge on any atom is -0.495 e. The Morgan fingerprint density at radius 1 is 1.35 bits per heavy atom. The highest BCUT2D eigenvalue weighted by Crippen LogP contribution is 2.27. The molecule has 88 valence electrons. The van der Waals surface area contributed by atoms with Crippen LogP contribution in [0.3, 0.4) is 0 Å². The second-order valence-corrected chi connectivity index (χ2v) is 5.10. The van der Waals surface area contributed by atoms with Gasteiger partial charge in [-0.1, -0.05) is 11.6 Å². The van der Waals surface area contributed by atoms with Crippen LogP contribution in [0, 0.1) is 0 Å². The lowest BCUT2D eigenvalue weighted by Crippen LogP contribution is -2.00. The van der Waals surface area contributed by atoms with Gasteiger partial charge in [0, 0.05) is 5.56 Å². The molecule has 0 unspecified atom stereocenters. The SMILES string of the molecule is COc1cc(C(=O)c2ccc(Cl)s2)ccc1N. The van der Waals surface area contributed by atoms with Gasteiger partial charge in [0.25, 0.3) is 0 Å². The molecule has 1 heterocycles. The highest BCUT2D eigenvalue weighted by molar-refractivity contribution is 7.18. The predicted molar refractivity (Wildman–Crippen MR) is 70.2 cm³/mol. The second-order valence-electron chi connectivity index (χ2n) is 3.39. The summed E-state index contributed by atoms with van der Waals surface area (Å²) >= 11 is 7.05. The second kappa shape index (κ2) is 4.77. The zero-order chi connectivity index (χ0) is 12.4. The molecule has 0 amide bonds. The third-order valence-electron chi connectivity index (χ3n) is 2.29. The lowest BCUT2D eigenvalue weighted by Gasteiger charge is -2.05. The Morgan fingerprint density at radius 3 is 2.71 bits per heavy atom. The van der Waals surface area contributed by atoms with Crippen LogP contribution in [0.1, 0.15) is 15.2 Å². The van der Waals surface area contributed by atoms with Crippen molar-refractivity contribution in [2.45, 2.75) is 0 Å². The number of methoxy groups -OCH3 is 1. The first kappa shape index (κ1) is 12.0. The molecule has 3 nitrogen and oxygen atoms in total. The summed E-state index contributed by atoms with van der Waals surface area (Å²) in [5, 5.41) is 0. The van der Waals surface area contributed by atoms with Crippen LogP contribution in [-0.2, 0) is 0 Å². The molecule has 0 fully saturated rings. The summed E-state index contributed by atoms with van der Waals surface area (Å²) in [7, 11) is 1.52. The summed E-state index contributed by atoms with van der Waals surface area (Å²) in [5.41, 5.74) is 6.73. The van der Waals surface area contributed by atoms with E-state index >= 15 is 0 Å². The molecule has 2 rings (SSSR count). The van der Waals surface area contributed by atoms with Gasteiger partial charge in [-0.3, -0.25) is 4.79 Å². The van der Waals surface area contributed by atoms with Crippen LogP contribution in [0.4, 0.5) is 5.69 Å². The number of rotatable bonds is 3. The number of carbonyl (C=O) groups is 1. The molecule has 17 heavy (non-hydrogen) atoms. The van der Waals surface area contributed by atoms with Crippen molar-refractivity contribution in [2.24, 2.45) is 0 Å². The average molecular weight is 268 g/mol. The monoisotopic (exact) mass is 267 g/mol. The molecule has 0 radical (unpaired) electrons. The van der Waals surface area contributed by atoms with Crippen molar-refractivity contribution in [2.75, 3.05) is 12.8 Å². The van der Waals surface area contributed by atoms with E-state index in [1.165, 1.54) is 18.4 Å². The van der Waals surface area contributed by atoms with Crippen molar-refractivity contribution in [1.29, 1.82) is 0 Å². The fourth-order valence-electron chi connectivity index (χ4n) is 1.43. The van der Waals surface area contributed by atoms with Crippen molar-refractivity contribution in [1.82, 2.24) is 0 Å². The van der Waals surface area contributed by atoms with Crippen molar-refractivity contribution < 1.29 is 9.53 Å². The predicted octanol–water partition coefficient (Wildman–Crippen LogP) is 3.22. The van der Waals surface area contributed by atoms with Crippen LogP contribution in [0.5, 0.6) is 5.75 Å². The van der Waals surface area contributed by atoms with Gasteiger partial charge in [-0.2, -0.15) is 0 Å². The van der Waals surface area contributed by atoms with Gasteiger partial charge in [-0.15, -0.1) is 11.3 Å². The van der Waals surface area contributed by atoms with Crippen molar-refractivity contribution >= 4 is 34.4 Å². The smallest absolute Gasteiger partial charge is 0.203 e. The molecule has 0 saturated heterocycles. The van der Waals surface area contributed by atoms with E-state index in [0.717, 1.165) is 0 Å². The van der Waals surface area contributed by atoms with E-state index in [9.17, 15) is 4.79 Å². The molecule has 0 bridgehead atoms. The van der Waals surface area contributed by atoms with Gasteiger partial charge >= 0.3 is 0 Å². The van der Waals surface area contributed by atoms with Crippen molar-refractivity contribution in [3.05, 3.63) is 45.1 Å². The largest absolute Gasteiger partial charge is 0.495 e. The number of nitrogens with two attached hydrogens (primary N) is 1. The maximum Gasteiger partial charge on any atom is 0.203 e. The number of ether oxygens (including phenoxy) is 1. The summed E-state index contributed by atoms with van der Waals surface area (Å²) in [4.78, 5) is 12.7. The number of carbonyl (C=O) groups excluding carboxylic acids is 1. The highest BCUT2D eigenvalue weighted by atomic mass is 35.5.